The summed E-state index contributed by atoms with van der Waals surface area (Å²) in [7, 11) is 0. The summed E-state index contributed by atoms with van der Waals surface area (Å²) < 4.78 is 44.4. The van der Waals surface area contributed by atoms with Crippen molar-refractivity contribution < 1.29 is 13.2 Å². The Morgan fingerprint density at radius 2 is 1.14 bits per heavy atom. The van der Waals surface area contributed by atoms with Gasteiger partial charge in [-0.3, -0.25) is 0 Å². The first-order valence-corrected chi connectivity index (χ1v) is 24.9. The first-order valence-electron chi connectivity index (χ1n) is 24.1. The van der Waals surface area contributed by atoms with Gasteiger partial charge in [-0.15, -0.1) is 11.3 Å². The van der Waals surface area contributed by atoms with Crippen LogP contribution in [-0.2, 0) is 10.8 Å². The molecule has 6 heteroatoms. The van der Waals surface area contributed by atoms with E-state index in [4.69, 9.17) is 4.42 Å². The topological polar surface area (TPSA) is 21.3 Å². The van der Waals surface area contributed by atoms with E-state index in [1.165, 1.54) is 17.7 Å². The van der Waals surface area contributed by atoms with Crippen LogP contribution < -0.4 is 4.90 Å². The number of para-hydroxylation sites is 3. The van der Waals surface area contributed by atoms with Crippen LogP contribution in [0.3, 0.4) is 0 Å². The molecule has 3 aromatic heterocycles. The number of furan rings is 1. The zero-order chi connectivity index (χ0) is 47.8. The van der Waals surface area contributed by atoms with Gasteiger partial charge < -0.3 is 13.9 Å². The number of benzene rings is 10. The highest BCUT2D eigenvalue weighted by molar-refractivity contribution is 7.26. The van der Waals surface area contributed by atoms with Crippen LogP contribution in [0.5, 0.6) is 0 Å². The van der Waals surface area contributed by atoms with Crippen molar-refractivity contribution in [1.29, 1.82) is 0 Å². The molecule has 13 aromatic rings. The Bertz CT molecular complexity index is 4260. The zero-order valence-corrected chi connectivity index (χ0v) is 40.0. The predicted octanol–water partition coefficient (Wildman–Crippen LogP) is 18.5. The first-order chi connectivity index (χ1) is 34.7. The van der Waals surface area contributed by atoms with Gasteiger partial charge in [0.1, 0.15) is 22.8 Å². The largest absolute Gasteiger partial charge is 0.455 e. The summed E-state index contributed by atoms with van der Waals surface area (Å²) in [4.78, 5) is 2.40. The van der Waals surface area contributed by atoms with Crippen molar-refractivity contribution in [3.05, 3.63) is 252 Å². The molecule has 3 nitrogen and oxygen atoms in total. The highest BCUT2D eigenvalue weighted by atomic mass is 32.1. The van der Waals surface area contributed by atoms with Crippen LogP contribution >= 0.6 is 11.3 Å². The molecule has 1 aliphatic carbocycles. The molecule has 0 saturated heterocycles. The van der Waals surface area contributed by atoms with Gasteiger partial charge in [-0.25, -0.2) is 8.78 Å². The SMILES string of the molecule is CC(C)(C)c1ccc(N(c2cc3c(c4oc5ccccc5c24)-c2c(ccc4sc5ccccc5c24)C3(c2cccc(F)c2)c2cccc(F)c2)c2cccc3c2c2ccccc2n3-c2ccccc2)cc1. The molecule has 14 rings (SSSR count). The van der Waals surface area contributed by atoms with Crippen molar-refractivity contribution in [2.75, 3.05) is 4.90 Å². The Morgan fingerprint density at radius 3 is 1.87 bits per heavy atom. The molecular formula is C65H44F2N2OS. The second kappa shape index (κ2) is 15.3. The normalized spacial score (nSPS) is 13.3. The van der Waals surface area contributed by atoms with Crippen molar-refractivity contribution in [2.45, 2.75) is 31.6 Å². The van der Waals surface area contributed by atoms with E-state index < -0.39 is 5.41 Å². The third-order valence-electron chi connectivity index (χ3n) is 14.9. The van der Waals surface area contributed by atoms with Crippen LogP contribution in [0.1, 0.15) is 48.6 Å². The minimum absolute atomic E-state index is 0.0907. The van der Waals surface area contributed by atoms with E-state index in [0.717, 1.165) is 103 Å². The molecule has 0 saturated carbocycles. The number of rotatable bonds is 6. The molecule has 0 N–H and O–H groups in total. The molecule has 0 spiro atoms. The summed E-state index contributed by atoms with van der Waals surface area (Å²) in [6, 6.07) is 72.1. The van der Waals surface area contributed by atoms with Gasteiger partial charge in [-0.1, -0.05) is 142 Å². The number of hydrogen-bond donors (Lipinski definition) is 0. The van der Waals surface area contributed by atoms with Crippen molar-refractivity contribution in [3.63, 3.8) is 0 Å². The van der Waals surface area contributed by atoms with Crippen molar-refractivity contribution in [2.24, 2.45) is 0 Å². The lowest BCUT2D eigenvalue weighted by Gasteiger charge is -2.35. The molecule has 0 aliphatic heterocycles. The van der Waals surface area contributed by atoms with Gasteiger partial charge >= 0.3 is 0 Å². The molecule has 71 heavy (non-hydrogen) atoms. The maximum atomic E-state index is 16.2. The van der Waals surface area contributed by atoms with Gasteiger partial charge in [-0.05, 0) is 130 Å². The van der Waals surface area contributed by atoms with Gasteiger partial charge in [0.2, 0.25) is 0 Å². The van der Waals surface area contributed by atoms with Gasteiger partial charge in [0, 0.05) is 53.3 Å². The van der Waals surface area contributed by atoms with E-state index in [1.807, 2.05) is 24.3 Å². The highest BCUT2D eigenvalue weighted by Crippen LogP contribution is 2.63. The molecule has 10 aromatic carbocycles. The first kappa shape index (κ1) is 41.6. The number of halogens is 2. The van der Waals surface area contributed by atoms with E-state index >= 15 is 8.78 Å². The molecule has 0 amide bonds. The Hall–Kier alpha value is -8.32. The fourth-order valence-corrected chi connectivity index (χ4v) is 13.0. The third-order valence-corrected chi connectivity index (χ3v) is 16.0. The van der Waals surface area contributed by atoms with E-state index in [9.17, 15) is 0 Å². The van der Waals surface area contributed by atoms with Gasteiger partial charge in [0.25, 0.3) is 0 Å². The number of anilines is 3. The van der Waals surface area contributed by atoms with Crippen LogP contribution in [0.15, 0.2) is 217 Å². The standard InChI is InChI=1S/C65H44F2N2OS/c1-64(2,3)39-30-32-45(33-31-39)69(53-27-15-26-52-58(53)46-22-7-10-25-51(46)68(52)44-20-5-4-6-21-44)54-38-50-62(63-59(54)47-23-8-11-28-55(47)70-63)61-49(34-35-57-60(61)48-24-9-12-29-56(48)71-57)65(50,40-16-13-18-42(66)36-40)41-17-14-19-43(67)37-41/h4-38H,1-3H3. The predicted molar refractivity (Wildman–Crippen MR) is 292 cm³/mol. The van der Waals surface area contributed by atoms with E-state index in [1.54, 1.807) is 35.6 Å². The second-order valence-corrected chi connectivity index (χ2v) is 20.9. The average Bonchev–Trinajstić information content (AvgIpc) is 4.14. The summed E-state index contributed by atoms with van der Waals surface area (Å²) in [5.74, 6) is -0.746. The molecule has 340 valence electrons. The maximum absolute atomic E-state index is 16.2. The number of fused-ring (bicyclic) bond motifs is 14. The van der Waals surface area contributed by atoms with Crippen molar-refractivity contribution in [1.82, 2.24) is 4.57 Å². The Morgan fingerprint density at radius 1 is 0.493 bits per heavy atom. The van der Waals surface area contributed by atoms with Crippen LogP contribution in [0, 0.1) is 11.6 Å². The summed E-state index contributed by atoms with van der Waals surface area (Å²) in [5.41, 5.74) is 12.5. The van der Waals surface area contributed by atoms with E-state index in [0.29, 0.717) is 16.7 Å². The Balaban J connectivity index is 1.20. The van der Waals surface area contributed by atoms with E-state index in [2.05, 4.69) is 182 Å². The van der Waals surface area contributed by atoms with Gasteiger partial charge in [-0.2, -0.15) is 0 Å². The maximum Gasteiger partial charge on any atom is 0.145 e. The molecular weight excluding hydrogens is 895 g/mol. The van der Waals surface area contributed by atoms with Crippen molar-refractivity contribution in [3.8, 4) is 16.8 Å². The van der Waals surface area contributed by atoms with Gasteiger partial charge in [0.15, 0.2) is 0 Å². The van der Waals surface area contributed by atoms with Crippen LogP contribution in [0.2, 0.25) is 0 Å². The smallest absolute Gasteiger partial charge is 0.145 e. The number of thiophene rings is 1. The monoisotopic (exact) mass is 938 g/mol. The fraction of sp³-hybridized carbons (Fsp3) is 0.0769. The lowest BCUT2D eigenvalue weighted by atomic mass is 9.67. The number of hydrogen-bond acceptors (Lipinski definition) is 3. The number of aromatic nitrogens is 1. The summed E-state index contributed by atoms with van der Waals surface area (Å²) in [6.45, 7) is 6.72. The molecule has 1 aliphatic rings. The van der Waals surface area contributed by atoms with Crippen LogP contribution in [-0.4, -0.2) is 4.57 Å². The summed E-state index contributed by atoms with van der Waals surface area (Å²) >= 11 is 1.76. The number of nitrogens with zero attached hydrogens (tertiary/aromatic N) is 2. The van der Waals surface area contributed by atoms with Crippen molar-refractivity contribution >= 4 is 92.3 Å². The quantitative estimate of drug-likeness (QED) is 0.166. The Kier molecular flexibility index (Phi) is 8.99. The Labute approximate surface area is 413 Å². The van der Waals surface area contributed by atoms with Crippen LogP contribution in [0.4, 0.5) is 25.8 Å². The molecule has 0 fully saturated rings. The molecule has 0 radical (unpaired) electrons. The summed E-state index contributed by atoms with van der Waals surface area (Å²) in [6.07, 6.45) is 0. The fourth-order valence-electron chi connectivity index (χ4n) is 11.9. The second-order valence-electron chi connectivity index (χ2n) is 19.8. The molecule has 3 heterocycles. The summed E-state index contributed by atoms with van der Waals surface area (Å²) in [5, 5.41) is 6.33. The molecule has 0 unspecified atom stereocenters. The average molecular weight is 939 g/mol. The zero-order valence-electron chi connectivity index (χ0n) is 39.2. The minimum Gasteiger partial charge on any atom is -0.455 e. The highest BCUT2D eigenvalue weighted by Gasteiger charge is 2.50. The van der Waals surface area contributed by atoms with E-state index in [-0.39, 0.29) is 17.0 Å². The third kappa shape index (κ3) is 5.98. The van der Waals surface area contributed by atoms with Gasteiger partial charge in [0.05, 0.1) is 33.2 Å². The molecule has 0 atom stereocenters. The minimum atomic E-state index is -1.20. The van der Waals surface area contributed by atoms with Crippen LogP contribution in [0.25, 0.3) is 80.7 Å². The molecule has 0 bridgehead atoms. The lowest BCUT2D eigenvalue weighted by Crippen LogP contribution is -2.29. The lowest BCUT2D eigenvalue weighted by molar-refractivity contribution is 0.590.